The SMILES string of the molecule is NC(=S)C(COCc1ccccc1F)C(F)(F)F. The highest BCUT2D eigenvalue weighted by Gasteiger charge is 2.41. The number of hydrogen-bond donors (Lipinski definition) is 1. The Balaban J connectivity index is 2.55. The number of rotatable bonds is 5. The van der Waals surface area contributed by atoms with Crippen molar-refractivity contribution in [1.82, 2.24) is 0 Å². The maximum Gasteiger partial charge on any atom is 0.400 e. The summed E-state index contributed by atoms with van der Waals surface area (Å²) in [5.74, 6) is -2.55. The largest absolute Gasteiger partial charge is 0.400 e. The highest BCUT2D eigenvalue weighted by molar-refractivity contribution is 7.80. The molecule has 0 amide bonds. The summed E-state index contributed by atoms with van der Waals surface area (Å²) in [5.41, 5.74) is 5.17. The van der Waals surface area contributed by atoms with E-state index in [1.807, 2.05) is 0 Å². The molecule has 100 valence electrons. The molecule has 0 radical (unpaired) electrons. The third kappa shape index (κ3) is 4.23. The van der Waals surface area contributed by atoms with Gasteiger partial charge >= 0.3 is 6.18 Å². The monoisotopic (exact) mass is 281 g/mol. The third-order valence-corrected chi connectivity index (χ3v) is 2.52. The average molecular weight is 281 g/mol. The molecule has 0 aliphatic heterocycles. The molecule has 0 bridgehead atoms. The van der Waals surface area contributed by atoms with Crippen LogP contribution in [0.4, 0.5) is 17.6 Å². The Morgan fingerprint density at radius 1 is 1.33 bits per heavy atom. The molecule has 0 aliphatic rings. The van der Waals surface area contributed by atoms with Crippen molar-refractivity contribution in [3.63, 3.8) is 0 Å². The van der Waals surface area contributed by atoms with E-state index in [9.17, 15) is 17.6 Å². The summed E-state index contributed by atoms with van der Waals surface area (Å²) < 4.78 is 55.3. The molecule has 1 rings (SSSR count). The fourth-order valence-corrected chi connectivity index (χ4v) is 1.44. The number of thiocarbonyl (C=S) groups is 1. The first-order valence-electron chi connectivity index (χ1n) is 4.99. The van der Waals surface area contributed by atoms with Crippen LogP contribution in [-0.2, 0) is 11.3 Å². The first-order chi connectivity index (χ1) is 8.32. The molecule has 0 spiro atoms. The summed E-state index contributed by atoms with van der Waals surface area (Å²) in [6, 6.07) is 5.68. The van der Waals surface area contributed by atoms with Gasteiger partial charge in [-0.3, -0.25) is 0 Å². The van der Waals surface area contributed by atoms with Crippen LogP contribution < -0.4 is 5.73 Å². The number of hydrogen-bond acceptors (Lipinski definition) is 2. The van der Waals surface area contributed by atoms with Crippen LogP contribution in [0.5, 0.6) is 0 Å². The zero-order chi connectivity index (χ0) is 13.8. The Kier molecular flexibility index (Phi) is 5.03. The smallest absolute Gasteiger partial charge is 0.393 e. The Labute approximate surface area is 107 Å². The second kappa shape index (κ2) is 6.10. The van der Waals surface area contributed by atoms with Crippen LogP contribution in [0.2, 0.25) is 0 Å². The fraction of sp³-hybridized carbons (Fsp3) is 0.364. The van der Waals surface area contributed by atoms with E-state index < -0.39 is 29.5 Å². The minimum atomic E-state index is -4.55. The predicted molar refractivity (Wildman–Crippen MR) is 62.4 cm³/mol. The number of ether oxygens (including phenoxy) is 1. The average Bonchev–Trinajstić information content (AvgIpc) is 2.24. The number of halogens is 4. The molecule has 0 heterocycles. The van der Waals surface area contributed by atoms with Crippen molar-refractivity contribution in [3.05, 3.63) is 35.6 Å². The van der Waals surface area contributed by atoms with Crippen LogP contribution in [0.1, 0.15) is 5.56 Å². The molecule has 1 aromatic carbocycles. The van der Waals surface area contributed by atoms with Crippen LogP contribution in [0.15, 0.2) is 24.3 Å². The highest BCUT2D eigenvalue weighted by atomic mass is 32.1. The Morgan fingerprint density at radius 2 is 1.94 bits per heavy atom. The maximum absolute atomic E-state index is 13.2. The molecule has 1 aromatic rings. The predicted octanol–water partition coefficient (Wildman–Crippen LogP) is 2.81. The van der Waals surface area contributed by atoms with E-state index in [1.165, 1.54) is 18.2 Å². The van der Waals surface area contributed by atoms with Gasteiger partial charge in [-0.25, -0.2) is 4.39 Å². The molecule has 1 unspecified atom stereocenters. The normalized spacial score (nSPS) is 13.3. The lowest BCUT2D eigenvalue weighted by Crippen LogP contribution is -2.37. The standard InChI is InChI=1S/C11H11F4NOS/c12-9-4-2-1-3-7(9)5-17-6-8(10(16)18)11(13,14)15/h1-4,8H,5-6H2,(H2,16,18). The zero-order valence-electron chi connectivity index (χ0n) is 9.21. The van der Waals surface area contributed by atoms with E-state index in [2.05, 4.69) is 12.2 Å². The molecule has 0 aliphatic carbocycles. The van der Waals surface area contributed by atoms with Crippen molar-refractivity contribution in [2.45, 2.75) is 12.8 Å². The van der Waals surface area contributed by atoms with Crippen molar-refractivity contribution in [2.24, 2.45) is 11.7 Å². The van der Waals surface area contributed by atoms with Crippen molar-refractivity contribution in [1.29, 1.82) is 0 Å². The van der Waals surface area contributed by atoms with Crippen molar-refractivity contribution in [3.8, 4) is 0 Å². The fourth-order valence-electron chi connectivity index (χ4n) is 1.24. The van der Waals surface area contributed by atoms with Crippen molar-refractivity contribution < 1.29 is 22.3 Å². The first kappa shape index (κ1) is 14.8. The Morgan fingerprint density at radius 3 is 2.44 bits per heavy atom. The van der Waals surface area contributed by atoms with Gasteiger partial charge < -0.3 is 10.5 Å². The van der Waals surface area contributed by atoms with Gasteiger partial charge in [0.1, 0.15) is 11.7 Å². The van der Waals surface area contributed by atoms with E-state index in [-0.39, 0.29) is 12.2 Å². The maximum atomic E-state index is 13.2. The first-order valence-corrected chi connectivity index (χ1v) is 5.40. The highest BCUT2D eigenvalue weighted by Crippen LogP contribution is 2.27. The molecule has 18 heavy (non-hydrogen) atoms. The minimum absolute atomic E-state index is 0.182. The van der Waals surface area contributed by atoms with E-state index in [0.717, 1.165) is 0 Å². The quantitative estimate of drug-likeness (QED) is 0.666. The molecule has 0 aromatic heterocycles. The molecule has 7 heteroatoms. The second-order valence-electron chi connectivity index (χ2n) is 3.60. The van der Waals surface area contributed by atoms with Gasteiger partial charge in [-0.15, -0.1) is 0 Å². The zero-order valence-corrected chi connectivity index (χ0v) is 10.0. The van der Waals surface area contributed by atoms with Gasteiger partial charge in [0.25, 0.3) is 0 Å². The van der Waals surface area contributed by atoms with E-state index in [0.29, 0.717) is 0 Å². The molecule has 2 nitrogen and oxygen atoms in total. The molecule has 1 atom stereocenters. The van der Waals surface area contributed by atoms with Crippen LogP contribution in [-0.4, -0.2) is 17.8 Å². The number of benzene rings is 1. The van der Waals surface area contributed by atoms with Crippen LogP contribution in [0, 0.1) is 11.7 Å². The Hall–Kier alpha value is -1.21. The lowest BCUT2D eigenvalue weighted by Gasteiger charge is -2.18. The lowest BCUT2D eigenvalue weighted by molar-refractivity contribution is -0.168. The summed E-state index contributed by atoms with van der Waals surface area (Å²) in [5, 5.41) is 0. The van der Waals surface area contributed by atoms with Gasteiger partial charge in [0, 0.05) is 5.56 Å². The van der Waals surface area contributed by atoms with Gasteiger partial charge in [0.2, 0.25) is 0 Å². The van der Waals surface area contributed by atoms with Gasteiger partial charge in [-0.2, -0.15) is 13.2 Å². The molecule has 0 fully saturated rings. The molecule has 0 saturated heterocycles. The van der Waals surface area contributed by atoms with E-state index in [1.54, 1.807) is 6.07 Å². The van der Waals surface area contributed by atoms with Crippen molar-refractivity contribution in [2.75, 3.05) is 6.61 Å². The third-order valence-electron chi connectivity index (χ3n) is 2.24. The molecular weight excluding hydrogens is 270 g/mol. The van der Waals surface area contributed by atoms with Gasteiger partial charge in [0.05, 0.1) is 18.2 Å². The van der Waals surface area contributed by atoms with Crippen molar-refractivity contribution >= 4 is 17.2 Å². The number of nitrogens with two attached hydrogens (primary N) is 1. The van der Waals surface area contributed by atoms with E-state index >= 15 is 0 Å². The van der Waals surface area contributed by atoms with Crippen LogP contribution in [0.3, 0.4) is 0 Å². The van der Waals surface area contributed by atoms with Gasteiger partial charge in [-0.1, -0.05) is 30.4 Å². The lowest BCUT2D eigenvalue weighted by atomic mass is 10.1. The molecule has 0 saturated carbocycles. The molecular formula is C11H11F4NOS. The minimum Gasteiger partial charge on any atom is -0.393 e. The topological polar surface area (TPSA) is 35.2 Å². The van der Waals surface area contributed by atoms with Gasteiger partial charge in [0.15, 0.2) is 0 Å². The Bertz CT molecular complexity index is 422. The van der Waals surface area contributed by atoms with E-state index in [4.69, 9.17) is 10.5 Å². The van der Waals surface area contributed by atoms with Crippen LogP contribution >= 0.6 is 12.2 Å². The summed E-state index contributed by atoms with van der Waals surface area (Å²) >= 11 is 4.32. The summed E-state index contributed by atoms with van der Waals surface area (Å²) in [7, 11) is 0. The summed E-state index contributed by atoms with van der Waals surface area (Å²) in [6.07, 6.45) is -4.55. The molecule has 2 N–H and O–H groups in total. The summed E-state index contributed by atoms with van der Waals surface area (Å²) in [4.78, 5) is -0.684. The van der Waals surface area contributed by atoms with Gasteiger partial charge in [-0.05, 0) is 6.07 Å². The van der Waals surface area contributed by atoms with Crippen LogP contribution in [0.25, 0.3) is 0 Å². The summed E-state index contributed by atoms with van der Waals surface area (Å²) in [6.45, 7) is -0.977. The second-order valence-corrected chi connectivity index (χ2v) is 4.07. The number of alkyl halides is 3.